The molecule has 1 aromatic rings. The molecule has 2 saturated heterocycles. The Morgan fingerprint density at radius 3 is 2.66 bits per heavy atom. The predicted octanol–water partition coefficient (Wildman–Crippen LogP) is 1.98. The van der Waals surface area contributed by atoms with Crippen LogP contribution in [0.5, 0.6) is 0 Å². The average molecular weight is 536 g/mol. The number of amides is 3. The highest BCUT2D eigenvalue weighted by Crippen LogP contribution is 2.68. The van der Waals surface area contributed by atoms with Crippen LogP contribution in [0.4, 0.5) is 11.4 Å². The standard InChI is InChI=1S/C27H33N7O3S/c1-2-34-26(37)23-20(14-21(23)38-27(34)19(15-29)24(27)25(36)30-10-9-28)31-17-7-6-8-18(13-17)32-22(35)16-33-11-4-3-5-12-33/h6-8,13,19-21,23-24,31H,2-5,10-12,14,16H2,1H3,(H,30,36)(H,32,35). The highest BCUT2D eigenvalue weighted by atomic mass is 32.2. The Bertz CT molecular complexity index is 1190. The number of likely N-dealkylation sites (tertiary alicyclic amines) is 1. The Labute approximate surface area is 227 Å². The summed E-state index contributed by atoms with van der Waals surface area (Å²) in [7, 11) is 0. The van der Waals surface area contributed by atoms with E-state index in [9.17, 15) is 19.6 Å². The number of nitrogens with zero attached hydrogens (tertiary/aromatic N) is 4. The van der Waals surface area contributed by atoms with E-state index in [0.29, 0.717) is 18.8 Å². The van der Waals surface area contributed by atoms with E-state index in [0.717, 1.165) is 38.0 Å². The van der Waals surface area contributed by atoms with Crippen LogP contribution >= 0.6 is 11.8 Å². The number of thioether (sulfide) groups is 1. The summed E-state index contributed by atoms with van der Waals surface area (Å²) in [5.74, 6) is -1.89. The zero-order chi connectivity index (χ0) is 26.9. The molecule has 2 saturated carbocycles. The highest BCUT2D eigenvalue weighted by molar-refractivity contribution is 8.01. The summed E-state index contributed by atoms with van der Waals surface area (Å²) in [6.07, 6.45) is 4.23. The van der Waals surface area contributed by atoms with E-state index in [2.05, 4.69) is 26.9 Å². The molecule has 0 bridgehead atoms. The molecule has 4 aliphatic rings. The van der Waals surface area contributed by atoms with Gasteiger partial charge in [-0.1, -0.05) is 12.5 Å². The van der Waals surface area contributed by atoms with Crippen molar-refractivity contribution in [1.29, 1.82) is 10.5 Å². The Morgan fingerprint density at radius 1 is 1.18 bits per heavy atom. The van der Waals surface area contributed by atoms with E-state index < -0.39 is 16.7 Å². The summed E-state index contributed by atoms with van der Waals surface area (Å²) in [5, 5.41) is 27.6. The van der Waals surface area contributed by atoms with Crippen LogP contribution in [-0.2, 0) is 14.4 Å². The van der Waals surface area contributed by atoms with Crippen molar-refractivity contribution < 1.29 is 14.4 Å². The van der Waals surface area contributed by atoms with Crippen LogP contribution in [0.25, 0.3) is 0 Å². The minimum atomic E-state index is -0.856. The fourth-order valence-electron chi connectivity index (χ4n) is 6.27. The van der Waals surface area contributed by atoms with Crippen molar-refractivity contribution in [2.24, 2.45) is 17.8 Å². The van der Waals surface area contributed by atoms with Gasteiger partial charge in [-0.25, -0.2) is 0 Å². The molecule has 1 aromatic carbocycles. The van der Waals surface area contributed by atoms with Gasteiger partial charge in [0.15, 0.2) is 0 Å². The number of carbonyl (C=O) groups excluding carboxylic acids is 3. The number of carbonyl (C=O) groups is 3. The number of fused-ring (bicyclic) bond motifs is 1. The molecule has 38 heavy (non-hydrogen) atoms. The van der Waals surface area contributed by atoms with Gasteiger partial charge >= 0.3 is 0 Å². The van der Waals surface area contributed by atoms with E-state index in [1.807, 2.05) is 37.3 Å². The van der Waals surface area contributed by atoms with Crippen LogP contribution < -0.4 is 16.0 Å². The number of nitriles is 2. The number of nitrogens with one attached hydrogen (secondary N) is 3. The molecule has 6 atom stereocenters. The first-order valence-electron chi connectivity index (χ1n) is 13.3. The van der Waals surface area contributed by atoms with Crippen LogP contribution in [0.2, 0.25) is 0 Å². The van der Waals surface area contributed by atoms with Crippen LogP contribution in [0.15, 0.2) is 24.3 Å². The van der Waals surface area contributed by atoms with Crippen LogP contribution in [-0.4, -0.2) is 76.4 Å². The summed E-state index contributed by atoms with van der Waals surface area (Å²) in [6, 6.07) is 11.6. The lowest BCUT2D eigenvalue weighted by Crippen LogP contribution is -2.64. The molecule has 2 aliphatic carbocycles. The van der Waals surface area contributed by atoms with Crippen molar-refractivity contribution in [3.05, 3.63) is 24.3 Å². The lowest BCUT2D eigenvalue weighted by molar-refractivity contribution is -0.141. The summed E-state index contributed by atoms with van der Waals surface area (Å²) in [6.45, 7) is 4.46. The second-order valence-corrected chi connectivity index (χ2v) is 11.9. The number of benzene rings is 1. The summed E-state index contributed by atoms with van der Waals surface area (Å²) >= 11 is 1.57. The third-order valence-corrected chi connectivity index (χ3v) is 10.0. The highest BCUT2D eigenvalue weighted by Gasteiger charge is 2.77. The van der Waals surface area contributed by atoms with Gasteiger partial charge in [0.25, 0.3) is 0 Å². The Kier molecular flexibility index (Phi) is 7.51. The fourth-order valence-corrected chi connectivity index (χ4v) is 8.51. The maximum absolute atomic E-state index is 13.6. The van der Waals surface area contributed by atoms with Crippen LogP contribution in [0.1, 0.15) is 32.6 Å². The molecule has 0 radical (unpaired) electrons. The number of hydrogen-bond acceptors (Lipinski definition) is 8. The van der Waals surface area contributed by atoms with Crippen molar-refractivity contribution in [3.8, 4) is 12.1 Å². The number of piperidine rings is 1. The van der Waals surface area contributed by atoms with Crippen molar-refractivity contribution in [2.75, 3.05) is 43.4 Å². The van der Waals surface area contributed by atoms with Crippen molar-refractivity contribution in [2.45, 2.75) is 48.8 Å². The molecular formula is C27H33N7O3S. The Morgan fingerprint density at radius 2 is 1.95 bits per heavy atom. The molecule has 2 heterocycles. The third-order valence-electron chi connectivity index (χ3n) is 8.14. The number of anilines is 2. The van der Waals surface area contributed by atoms with Gasteiger partial charge in [0.2, 0.25) is 17.7 Å². The zero-order valence-electron chi connectivity index (χ0n) is 21.5. The van der Waals surface area contributed by atoms with Gasteiger partial charge in [-0.3, -0.25) is 19.3 Å². The minimum Gasteiger partial charge on any atom is -0.381 e. The largest absolute Gasteiger partial charge is 0.381 e. The molecule has 11 heteroatoms. The topological polar surface area (TPSA) is 141 Å². The molecule has 0 aromatic heterocycles. The minimum absolute atomic E-state index is 0.0137. The fraction of sp³-hybridized carbons (Fsp3) is 0.593. The SMILES string of the molecule is CCN1C(=O)C2C(Nc3cccc(NC(=O)CN4CCCCC4)c3)CC2SC12C(C#N)C2C(=O)NCC#N. The van der Waals surface area contributed by atoms with E-state index in [1.54, 1.807) is 16.7 Å². The van der Waals surface area contributed by atoms with Gasteiger partial charge in [-0.15, -0.1) is 11.8 Å². The number of hydrogen-bond donors (Lipinski definition) is 3. The van der Waals surface area contributed by atoms with Crippen LogP contribution in [0, 0.1) is 40.4 Å². The molecule has 10 nitrogen and oxygen atoms in total. The molecule has 3 amide bonds. The average Bonchev–Trinajstić information content (AvgIpc) is 3.54. The zero-order valence-corrected chi connectivity index (χ0v) is 22.3. The maximum atomic E-state index is 13.6. The smallest absolute Gasteiger partial charge is 0.238 e. The quantitative estimate of drug-likeness (QED) is 0.429. The first-order valence-corrected chi connectivity index (χ1v) is 14.2. The maximum Gasteiger partial charge on any atom is 0.238 e. The lowest BCUT2D eigenvalue weighted by atomic mass is 9.77. The first kappa shape index (κ1) is 26.3. The van der Waals surface area contributed by atoms with Gasteiger partial charge in [0, 0.05) is 29.2 Å². The Balaban J connectivity index is 1.22. The molecule has 5 rings (SSSR count). The molecule has 2 aliphatic heterocycles. The van der Waals surface area contributed by atoms with Crippen molar-refractivity contribution >= 4 is 40.9 Å². The van der Waals surface area contributed by atoms with E-state index in [1.165, 1.54) is 6.42 Å². The molecule has 200 valence electrons. The van der Waals surface area contributed by atoms with E-state index >= 15 is 0 Å². The van der Waals surface area contributed by atoms with Gasteiger partial charge in [0.05, 0.1) is 36.4 Å². The van der Waals surface area contributed by atoms with Gasteiger partial charge in [-0.05, 0) is 57.5 Å². The summed E-state index contributed by atoms with van der Waals surface area (Å²) < 4.78 is 0. The van der Waals surface area contributed by atoms with E-state index in [-0.39, 0.29) is 41.5 Å². The number of rotatable bonds is 8. The second-order valence-electron chi connectivity index (χ2n) is 10.4. The molecular weight excluding hydrogens is 502 g/mol. The van der Waals surface area contributed by atoms with Gasteiger partial charge < -0.3 is 20.9 Å². The van der Waals surface area contributed by atoms with E-state index in [4.69, 9.17) is 5.26 Å². The Hall–Kier alpha value is -3.28. The van der Waals surface area contributed by atoms with Gasteiger partial charge in [-0.2, -0.15) is 10.5 Å². The van der Waals surface area contributed by atoms with Crippen molar-refractivity contribution in [3.63, 3.8) is 0 Å². The first-order chi connectivity index (χ1) is 18.4. The molecule has 4 fully saturated rings. The molecule has 6 unspecified atom stereocenters. The summed E-state index contributed by atoms with van der Waals surface area (Å²) in [4.78, 5) is 41.9. The van der Waals surface area contributed by atoms with Crippen molar-refractivity contribution in [1.82, 2.24) is 15.1 Å². The monoisotopic (exact) mass is 535 g/mol. The van der Waals surface area contributed by atoms with Gasteiger partial charge in [0.1, 0.15) is 11.4 Å². The lowest BCUT2D eigenvalue weighted by Gasteiger charge is -2.53. The predicted molar refractivity (Wildman–Crippen MR) is 144 cm³/mol. The second kappa shape index (κ2) is 10.8. The normalized spacial score (nSPS) is 31.8. The third kappa shape index (κ3) is 4.70. The summed E-state index contributed by atoms with van der Waals surface area (Å²) in [5.41, 5.74) is 1.55. The van der Waals surface area contributed by atoms with Crippen LogP contribution in [0.3, 0.4) is 0 Å². The molecule has 1 spiro atoms. The molecule has 3 N–H and O–H groups in total.